The lowest BCUT2D eigenvalue weighted by molar-refractivity contribution is -0.870. The zero-order valence-corrected chi connectivity index (χ0v) is 48.7. The molecule has 0 heterocycles. The third kappa shape index (κ3) is 58.3. The Morgan fingerprint density at radius 1 is 0.438 bits per heavy atom. The van der Waals surface area contributed by atoms with Gasteiger partial charge < -0.3 is 27.9 Å². The molecule has 0 radical (unpaired) electrons. The van der Waals surface area contributed by atoms with E-state index in [2.05, 4.69) is 98.9 Å². The SMILES string of the molecule is CC/C=C\C/C=C\C/C=C\C/C=C\C/C=C\C/C=C\CCCCCCCCCCCCCCCCCCCCCCC(=O)OC(COC(=O)CCCCCCC/C=C\CCC)COP(=O)([O-])OCC[N+](C)(C)C. The van der Waals surface area contributed by atoms with Gasteiger partial charge in [-0.3, -0.25) is 14.2 Å². The van der Waals surface area contributed by atoms with E-state index in [1.807, 2.05) is 21.1 Å². The van der Waals surface area contributed by atoms with E-state index in [9.17, 15) is 19.0 Å². The molecule has 0 aliphatic carbocycles. The van der Waals surface area contributed by atoms with E-state index in [4.69, 9.17) is 18.5 Å². The van der Waals surface area contributed by atoms with Crippen molar-refractivity contribution in [3.05, 3.63) is 85.1 Å². The second-order valence-electron chi connectivity index (χ2n) is 21.0. The smallest absolute Gasteiger partial charge is 0.306 e. The number of likely N-dealkylation sites (N-methyl/N-ethyl adjacent to an activating group) is 1. The van der Waals surface area contributed by atoms with E-state index in [-0.39, 0.29) is 26.1 Å². The van der Waals surface area contributed by atoms with Gasteiger partial charge in [0.1, 0.15) is 19.8 Å². The van der Waals surface area contributed by atoms with Gasteiger partial charge in [0.25, 0.3) is 7.82 Å². The summed E-state index contributed by atoms with van der Waals surface area (Å²) in [4.78, 5) is 37.7. The predicted octanol–water partition coefficient (Wildman–Crippen LogP) is 18.0. The van der Waals surface area contributed by atoms with Gasteiger partial charge in [0.05, 0.1) is 27.7 Å². The molecule has 422 valence electrons. The van der Waals surface area contributed by atoms with Crippen LogP contribution in [0.3, 0.4) is 0 Å². The number of hydrogen-bond acceptors (Lipinski definition) is 8. The lowest BCUT2D eigenvalue weighted by Crippen LogP contribution is -2.37. The van der Waals surface area contributed by atoms with Crippen molar-refractivity contribution in [2.45, 2.75) is 258 Å². The summed E-state index contributed by atoms with van der Waals surface area (Å²) in [7, 11) is 1.16. The standard InChI is InChI=1S/C63H112NO8P/c1-6-8-10-12-14-16-18-19-20-21-22-23-24-25-26-27-28-29-30-31-32-33-34-35-36-37-38-39-40-41-42-43-44-45-46-48-50-52-54-56-63(66)72-61(60-71-73(67,68)70-58-57-64(3,4)5)59-69-62(65)55-53-51-49-47-17-15-13-11-9-7-2/h8,10-11,13-14,16,19-20,22-23,25-26,28-29,61H,6-7,9,12,15,17-18,21,24,27,30-60H2,1-5H3/b10-8-,13-11-,16-14-,20-19-,23-22-,26-25-,29-28-. The molecule has 0 aromatic rings. The number of quaternary nitrogens is 1. The molecule has 10 heteroatoms. The van der Waals surface area contributed by atoms with Gasteiger partial charge in [-0.15, -0.1) is 0 Å². The summed E-state index contributed by atoms with van der Waals surface area (Å²) in [5.74, 6) is -0.842. The number of hydrogen-bond donors (Lipinski definition) is 0. The average molecular weight is 1040 g/mol. The molecule has 0 spiro atoms. The summed E-state index contributed by atoms with van der Waals surface area (Å²) in [6, 6.07) is 0. The molecule has 0 aliphatic heterocycles. The van der Waals surface area contributed by atoms with Crippen molar-refractivity contribution in [2.75, 3.05) is 47.5 Å². The topological polar surface area (TPSA) is 111 Å². The van der Waals surface area contributed by atoms with E-state index < -0.39 is 32.5 Å². The summed E-state index contributed by atoms with van der Waals surface area (Å²) in [6.07, 6.45) is 72.4. The Morgan fingerprint density at radius 3 is 1.18 bits per heavy atom. The van der Waals surface area contributed by atoms with Crippen LogP contribution < -0.4 is 4.89 Å². The number of esters is 2. The molecule has 0 aromatic carbocycles. The minimum absolute atomic E-state index is 0.0329. The third-order valence-corrected chi connectivity index (χ3v) is 13.6. The maximum Gasteiger partial charge on any atom is 0.306 e. The van der Waals surface area contributed by atoms with Crippen LogP contribution >= 0.6 is 7.82 Å². The minimum atomic E-state index is -4.63. The second-order valence-corrected chi connectivity index (χ2v) is 22.4. The maximum atomic E-state index is 12.8. The lowest BCUT2D eigenvalue weighted by Gasteiger charge is -2.28. The highest BCUT2D eigenvalue weighted by Gasteiger charge is 2.22. The number of allylic oxidation sites excluding steroid dienone is 14. The summed E-state index contributed by atoms with van der Waals surface area (Å²) in [5.41, 5.74) is 0. The first-order chi connectivity index (χ1) is 35.5. The van der Waals surface area contributed by atoms with Crippen molar-refractivity contribution in [1.82, 2.24) is 0 Å². The molecule has 0 amide bonds. The molecule has 0 aliphatic rings. The summed E-state index contributed by atoms with van der Waals surface area (Å²) in [6.45, 7) is 4.05. The van der Waals surface area contributed by atoms with Gasteiger partial charge in [0.15, 0.2) is 6.10 Å². The van der Waals surface area contributed by atoms with Crippen LogP contribution in [0.5, 0.6) is 0 Å². The highest BCUT2D eigenvalue weighted by molar-refractivity contribution is 7.45. The molecular weight excluding hydrogens is 930 g/mol. The van der Waals surface area contributed by atoms with Crippen LogP contribution in [0.4, 0.5) is 0 Å². The number of carbonyl (C=O) groups excluding carboxylic acids is 2. The van der Waals surface area contributed by atoms with E-state index in [1.165, 1.54) is 116 Å². The third-order valence-electron chi connectivity index (χ3n) is 12.6. The fourth-order valence-corrected chi connectivity index (χ4v) is 8.80. The lowest BCUT2D eigenvalue weighted by atomic mass is 10.0. The predicted molar refractivity (Wildman–Crippen MR) is 309 cm³/mol. The number of nitrogens with zero attached hydrogens (tertiary/aromatic N) is 1. The Morgan fingerprint density at radius 2 is 0.781 bits per heavy atom. The molecule has 2 atom stereocenters. The van der Waals surface area contributed by atoms with Gasteiger partial charge in [-0.25, -0.2) is 0 Å². The highest BCUT2D eigenvalue weighted by atomic mass is 31.2. The molecule has 0 saturated heterocycles. The van der Waals surface area contributed by atoms with Crippen LogP contribution in [0, 0.1) is 0 Å². The van der Waals surface area contributed by atoms with Crippen molar-refractivity contribution >= 4 is 19.8 Å². The number of rotatable bonds is 54. The van der Waals surface area contributed by atoms with Crippen molar-refractivity contribution in [1.29, 1.82) is 0 Å². The van der Waals surface area contributed by atoms with Crippen molar-refractivity contribution in [3.63, 3.8) is 0 Å². The number of ether oxygens (including phenoxy) is 2. The average Bonchev–Trinajstić information content (AvgIpc) is 3.35. The molecule has 9 nitrogen and oxygen atoms in total. The first kappa shape index (κ1) is 70.2. The Labute approximate surface area is 450 Å². The first-order valence-corrected chi connectivity index (χ1v) is 31.3. The van der Waals surface area contributed by atoms with Crippen LogP contribution in [-0.4, -0.2) is 70.0 Å². The summed E-state index contributed by atoms with van der Waals surface area (Å²) >= 11 is 0. The Kier molecular flexibility index (Phi) is 51.9. The number of phosphoric acid groups is 1. The highest BCUT2D eigenvalue weighted by Crippen LogP contribution is 2.38. The molecule has 0 bridgehead atoms. The molecule has 0 rings (SSSR count). The van der Waals surface area contributed by atoms with Crippen LogP contribution in [0.15, 0.2) is 85.1 Å². The van der Waals surface area contributed by atoms with Crippen molar-refractivity contribution in [2.24, 2.45) is 0 Å². The normalized spacial score (nSPS) is 13.9. The Hall–Kier alpha value is -2.81. The summed E-state index contributed by atoms with van der Waals surface area (Å²) < 4.78 is 34.0. The quantitative estimate of drug-likeness (QED) is 0.0195. The Balaban J connectivity index is 3.90. The zero-order chi connectivity index (χ0) is 53.5. The molecule has 0 N–H and O–H groups in total. The van der Waals surface area contributed by atoms with Crippen LogP contribution in [-0.2, 0) is 32.7 Å². The fourth-order valence-electron chi connectivity index (χ4n) is 8.07. The molecule has 2 unspecified atom stereocenters. The fraction of sp³-hybridized carbons (Fsp3) is 0.746. The van der Waals surface area contributed by atoms with Crippen LogP contribution in [0.2, 0.25) is 0 Å². The van der Waals surface area contributed by atoms with Gasteiger partial charge in [-0.2, -0.15) is 0 Å². The molecular formula is C63H112NO8P. The van der Waals surface area contributed by atoms with E-state index >= 15 is 0 Å². The molecule has 0 aromatic heterocycles. The van der Waals surface area contributed by atoms with Crippen molar-refractivity contribution < 1.29 is 42.1 Å². The van der Waals surface area contributed by atoms with Gasteiger partial charge in [-0.05, 0) is 83.5 Å². The number of carbonyl (C=O) groups is 2. The summed E-state index contributed by atoms with van der Waals surface area (Å²) in [5, 5.41) is 0. The van der Waals surface area contributed by atoms with Crippen LogP contribution in [0.1, 0.15) is 251 Å². The molecule has 73 heavy (non-hydrogen) atoms. The Bertz CT molecular complexity index is 1510. The maximum absolute atomic E-state index is 12.8. The van der Waals surface area contributed by atoms with Crippen LogP contribution in [0.25, 0.3) is 0 Å². The first-order valence-electron chi connectivity index (χ1n) is 29.8. The monoisotopic (exact) mass is 1040 g/mol. The van der Waals surface area contributed by atoms with Gasteiger partial charge >= 0.3 is 11.9 Å². The molecule has 0 saturated carbocycles. The van der Waals surface area contributed by atoms with E-state index in [0.29, 0.717) is 17.4 Å². The minimum Gasteiger partial charge on any atom is -0.756 e. The zero-order valence-electron chi connectivity index (χ0n) is 47.8. The van der Waals surface area contributed by atoms with Gasteiger partial charge in [-0.1, -0.05) is 240 Å². The largest absolute Gasteiger partial charge is 0.756 e. The number of unbranched alkanes of at least 4 members (excludes halogenated alkanes) is 26. The van der Waals surface area contributed by atoms with Crippen molar-refractivity contribution in [3.8, 4) is 0 Å². The number of phosphoric ester groups is 1. The molecule has 0 fully saturated rings. The van der Waals surface area contributed by atoms with Gasteiger partial charge in [0.2, 0.25) is 0 Å². The second kappa shape index (κ2) is 54.0. The van der Waals surface area contributed by atoms with E-state index in [0.717, 1.165) is 103 Å². The van der Waals surface area contributed by atoms with Gasteiger partial charge in [0, 0.05) is 12.8 Å². The van der Waals surface area contributed by atoms with E-state index in [1.54, 1.807) is 0 Å².